The highest BCUT2D eigenvalue weighted by Crippen LogP contribution is 2.15. The smallest absolute Gasteiger partial charge is 0.270 e. The van der Waals surface area contributed by atoms with Gasteiger partial charge in [0, 0.05) is 30.7 Å². The lowest BCUT2D eigenvalue weighted by atomic mass is 10.2. The molecule has 0 bridgehead atoms. The molecule has 7 heteroatoms. The molecular weight excluding hydrogens is 316 g/mol. The van der Waals surface area contributed by atoms with Crippen LogP contribution < -0.4 is 10.6 Å². The van der Waals surface area contributed by atoms with Gasteiger partial charge in [0.1, 0.15) is 17.8 Å². The summed E-state index contributed by atoms with van der Waals surface area (Å²) in [4.78, 5) is 24.3. The third kappa shape index (κ3) is 4.36. The van der Waals surface area contributed by atoms with Crippen LogP contribution in [-0.4, -0.2) is 20.9 Å². The summed E-state index contributed by atoms with van der Waals surface area (Å²) >= 11 is 0. The molecule has 2 heterocycles. The molecule has 0 saturated heterocycles. The van der Waals surface area contributed by atoms with Gasteiger partial charge in [-0.15, -0.1) is 0 Å². The van der Waals surface area contributed by atoms with Crippen LogP contribution in [0.5, 0.6) is 0 Å². The number of nitriles is 1. The molecular formula is C18H14N6O. The zero-order valence-electron chi connectivity index (χ0n) is 13.2. The first kappa shape index (κ1) is 16.1. The van der Waals surface area contributed by atoms with Gasteiger partial charge in [0.15, 0.2) is 0 Å². The minimum atomic E-state index is -0.290. The number of aromatic nitrogens is 3. The maximum absolute atomic E-state index is 12.2. The molecule has 1 aromatic carbocycles. The SMILES string of the molecule is N#Cc1ccc(Nc2cc(C(=O)NCc3ccncc3)ncn2)cc1. The van der Waals surface area contributed by atoms with Crippen molar-refractivity contribution in [2.45, 2.75) is 6.54 Å². The zero-order valence-corrected chi connectivity index (χ0v) is 13.2. The van der Waals surface area contributed by atoms with Crippen LogP contribution in [0.15, 0.2) is 61.2 Å². The Morgan fingerprint density at radius 1 is 1.08 bits per heavy atom. The Morgan fingerprint density at radius 3 is 2.56 bits per heavy atom. The fraction of sp³-hybridized carbons (Fsp3) is 0.0556. The number of rotatable bonds is 5. The number of amides is 1. The number of nitrogens with one attached hydrogen (secondary N) is 2. The molecule has 2 aromatic heterocycles. The van der Waals surface area contributed by atoms with Crippen LogP contribution in [0.3, 0.4) is 0 Å². The van der Waals surface area contributed by atoms with Crippen LogP contribution in [0.4, 0.5) is 11.5 Å². The normalized spacial score (nSPS) is 9.88. The van der Waals surface area contributed by atoms with Gasteiger partial charge < -0.3 is 10.6 Å². The first-order valence-corrected chi connectivity index (χ1v) is 7.51. The van der Waals surface area contributed by atoms with Gasteiger partial charge in [-0.25, -0.2) is 9.97 Å². The predicted molar refractivity (Wildman–Crippen MR) is 91.9 cm³/mol. The highest BCUT2D eigenvalue weighted by atomic mass is 16.1. The van der Waals surface area contributed by atoms with Gasteiger partial charge in [-0.1, -0.05) is 0 Å². The van der Waals surface area contributed by atoms with Gasteiger partial charge in [-0.2, -0.15) is 5.26 Å². The zero-order chi connectivity index (χ0) is 17.5. The van der Waals surface area contributed by atoms with Crippen molar-refractivity contribution in [2.75, 3.05) is 5.32 Å². The standard InChI is InChI=1S/C18H14N6O/c19-10-13-1-3-15(4-2-13)24-17-9-16(22-12-23-17)18(25)21-11-14-5-7-20-8-6-14/h1-9,12H,11H2,(H,21,25)(H,22,23,24). The fourth-order valence-electron chi connectivity index (χ4n) is 2.10. The summed E-state index contributed by atoms with van der Waals surface area (Å²) in [5.41, 5.74) is 2.55. The van der Waals surface area contributed by atoms with E-state index in [1.807, 2.05) is 12.1 Å². The van der Waals surface area contributed by atoms with Gasteiger partial charge in [0.2, 0.25) is 0 Å². The Balaban J connectivity index is 1.66. The average molecular weight is 330 g/mol. The molecule has 2 N–H and O–H groups in total. The van der Waals surface area contributed by atoms with E-state index >= 15 is 0 Å². The lowest BCUT2D eigenvalue weighted by molar-refractivity contribution is 0.0946. The number of nitrogens with zero attached hydrogens (tertiary/aromatic N) is 4. The van der Waals surface area contributed by atoms with Gasteiger partial charge in [-0.3, -0.25) is 9.78 Å². The van der Waals surface area contributed by atoms with Crippen LogP contribution in [0, 0.1) is 11.3 Å². The number of anilines is 2. The number of benzene rings is 1. The summed E-state index contributed by atoms with van der Waals surface area (Å²) in [6.45, 7) is 0.393. The second kappa shape index (κ2) is 7.66. The van der Waals surface area contributed by atoms with Crippen molar-refractivity contribution < 1.29 is 4.79 Å². The van der Waals surface area contributed by atoms with Crippen molar-refractivity contribution >= 4 is 17.4 Å². The topological polar surface area (TPSA) is 104 Å². The van der Waals surface area contributed by atoms with E-state index < -0.39 is 0 Å². The molecule has 0 spiro atoms. The van der Waals surface area contributed by atoms with E-state index in [0.717, 1.165) is 11.3 Å². The van der Waals surface area contributed by atoms with Crippen molar-refractivity contribution in [1.29, 1.82) is 5.26 Å². The largest absolute Gasteiger partial charge is 0.347 e. The van der Waals surface area contributed by atoms with Gasteiger partial charge in [0.05, 0.1) is 11.6 Å². The lowest BCUT2D eigenvalue weighted by Gasteiger charge is -2.08. The molecule has 0 atom stereocenters. The average Bonchev–Trinajstić information content (AvgIpc) is 2.68. The van der Waals surface area contributed by atoms with Crippen molar-refractivity contribution in [3.63, 3.8) is 0 Å². The molecule has 25 heavy (non-hydrogen) atoms. The molecule has 3 rings (SSSR count). The molecule has 0 aliphatic heterocycles. The van der Waals surface area contributed by atoms with E-state index in [0.29, 0.717) is 17.9 Å². The number of hydrogen-bond acceptors (Lipinski definition) is 6. The summed E-state index contributed by atoms with van der Waals surface area (Å²) in [5, 5.41) is 14.7. The Labute approximate surface area is 144 Å². The third-order valence-electron chi connectivity index (χ3n) is 3.39. The molecule has 3 aromatic rings. The fourth-order valence-corrected chi connectivity index (χ4v) is 2.10. The van der Waals surface area contributed by atoms with Gasteiger partial charge >= 0.3 is 0 Å². The summed E-state index contributed by atoms with van der Waals surface area (Å²) in [5.74, 6) is 0.204. The first-order valence-electron chi connectivity index (χ1n) is 7.51. The predicted octanol–water partition coefficient (Wildman–Crippen LogP) is 2.42. The monoisotopic (exact) mass is 330 g/mol. The Morgan fingerprint density at radius 2 is 1.84 bits per heavy atom. The van der Waals surface area contributed by atoms with Crippen LogP contribution in [0.25, 0.3) is 0 Å². The Hall–Kier alpha value is -3.79. The highest BCUT2D eigenvalue weighted by Gasteiger charge is 2.09. The number of carbonyl (C=O) groups is 1. The van der Waals surface area contributed by atoms with Crippen LogP contribution in [0.2, 0.25) is 0 Å². The maximum Gasteiger partial charge on any atom is 0.270 e. The Kier molecular flexibility index (Phi) is 4.93. The molecule has 0 aliphatic carbocycles. The van der Waals surface area contributed by atoms with E-state index in [1.54, 1.807) is 42.7 Å². The molecule has 0 fully saturated rings. The molecule has 0 unspecified atom stereocenters. The van der Waals surface area contributed by atoms with Crippen LogP contribution in [-0.2, 0) is 6.54 Å². The minimum Gasteiger partial charge on any atom is -0.347 e. The minimum absolute atomic E-state index is 0.264. The lowest BCUT2D eigenvalue weighted by Crippen LogP contribution is -2.24. The quantitative estimate of drug-likeness (QED) is 0.744. The molecule has 0 saturated carbocycles. The van der Waals surface area contributed by atoms with E-state index in [9.17, 15) is 4.79 Å². The summed E-state index contributed by atoms with van der Waals surface area (Å²) in [7, 11) is 0. The maximum atomic E-state index is 12.2. The third-order valence-corrected chi connectivity index (χ3v) is 3.39. The number of pyridine rings is 1. The van der Waals surface area contributed by atoms with Crippen molar-refractivity contribution in [2.24, 2.45) is 0 Å². The second-order valence-corrected chi connectivity index (χ2v) is 5.14. The highest BCUT2D eigenvalue weighted by molar-refractivity contribution is 5.92. The van der Waals surface area contributed by atoms with Gasteiger partial charge in [0.25, 0.3) is 5.91 Å². The van der Waals surface area contributed by atoms with E-state index in [4.69, 9.17) is 5.26 Å². The molecule has 1 amide bonds. The van der Waals surface area contributed by atoms with Crippen molar-refractivity contribution in [1.82, 2.24) is 20.3 Å². The van der Waals surface area contributed by atoms with E-state index in [1.165, 1.54) is 6.33 Å². The first-order chi connectivity index (χ1) is 12.2. The van der Waals surface area contributed by atoms with E-state index in [2.05, 4.69) is 31.7 Å². The van der Waals surface area contributed by atoms with Gasteiger partial charge in [-0.05, 0) is 42.0 Å². The number of carbonyl (C=O) groups excluding carboxylic acids is 1. The summed E-state index contributed by atoms with van der Waals surface area (Å²) < 4.78 is 0. The summed E-state index contributed by atoms with van der Waals surface area (Å²) in [6, 6.07) is 14.2. The van der Waals surface area contributed by atoms with Crippen molar-refractivity contribution in [3.05, 3.63) is 78.0 Å². The second-order valence-electron chi connectivity index (χ2n) is 5.14. The Bertz CT molecular complexity index is 903. The molecule has 122 valence electrons. The van der Waals surface area contributed by atoms with Crippen molar-refractivity contribution in [3.8, 4) is 6.07 Å². The molecule has 0 radical (unpaired) electrons. The van der Waals surface area contributed by atoms with Crippen LogP contribution >= 0.6 is 0 Å². The van der Waals surface area contributed by atoms with Crippen LogP contribution in [0.1, 0.15) is 21.6 Å². The molecule has 0 aliphatic rings. The van der Waals surface area contributed by atoms with E-state index in [-0.39, 0.29) is 11.6 Å². The molecule has 7 nitrogen and oxygen atoms in total. The summed E-state index contributed by atoms with van der Waals surface area (Å²) in [6.07, 6.45) is 4.67. The number of hydrogen-bond donors (Lipinski definition) is 2.